The van der Waals surface area contributed by atoms with Crippen molar-refractivity contribution in [2.75, 3.05) is 0 Å². The number of hydrogen-bond acceptors (Lipinski definition) is 4. The number of amides is 2. The van der Waals surface area contributed by atoms with Crippen LogP contribution in [0.2, 0.25) is 0 Å². The van der Waals surface area contributed by atoms with Gasteiger partial charge in [0.1, 0.15) is 6.04 Å². The average Bonchev–Trinajstić information content (AvgIpc) is 2.97. The van der Waals surface area contributed by atoms with Crippen molar-refractivity contribution in [3.63, 3.8) is 0 Å². The number of aromatic nitrogens is 2. The maximum Gasteiger partial charge on any atom is 0.337 e. The molecule has 3 aromatic rings. The Hall–Kier alpha value is -3.86. The van der Waals surface area contributed by atoms with Gasteiger partial charge in [-0.25, -0.2) is 14.2 Å². The molecule has 2 amide bonds. The number of carbonyl (C=O) groups is 2. The SMILES string of the molecule is CC(C)(C)[C@H](NC(=O)n1c(=O)n(Cc2ccccc2C#N)c2ccccc21)C(N)=O. The Kier molecular flexibility index (Phi) is 5.47. The van der Waals surface area contributed by atoms with Gasteiger partial charge in [0.2, 0.25) is 5.91 Å². The fourth-order valence-corrected chi connectivity index (χ4v) is 3.40. The summed E-state index contributed by atoms with van der Waals surface area (Å²) in [5.74, 6) is -0.685. The second-order valence-corrected chi connectivity index (χ2v) is 8.11. The largest absolute Gasteiger partial charge is 0.368 e. The standard InChI is InChI=1S/C22H23N5O3/c1-22(2,3)18(19(24)28)25-20(29)27-17-11-7-6-10-16(17)26(21(27)30)13-15-9-5-4-8-14(15)12-23/h4-11,18H,13H2,1-3H3,(H2,24,28)(H,25,29)/t18-/m1/s1. The van der Waals surface area contributed by atoms with Crippen LogP contribution in [0.25, 0.3) is 11.0 Å². The number of hydrogen-bond donors (Lipinski definition) is 2. The lowest BCUT2D eigenvalue weighted by Gasteiger charge is -2.28. The van der Waals surface area contributed by atoms with Gasteiger partial charge in [-0.15, -0.1) is 0 Å². The Bertz CT molecular complexity index is 1220. The Morgan fingerprint density at radius 2 is 1.70 bits per heavy atom. The van der Waals surface area contributed by atoms with E-state index in [-0.39, 0.29) is 6.54 Å². The lowest BCUT2D eigenvalue weighted by Crippen LogP contribution is -2.54. The van der Waals surface area contributed by atoms with E-state index in [2.05, 4.69) is 11.4 Å². The van der Waals surface area contributed by atoms with Crippen molar-refractivity contribution in [1.29, 1.82) is 5.26 Å². The van der Waals surface area contributed by atoms with E-state index >= 15 is 0 Å². The number of carbonyl (C=O) groups excluding carboxylic acids is 2. The highest BCUT2D eigenvalue weighted by Gasteiger charge is 2.32. The van der Waals surface area contributed by atoms with Crippen LogP contribution >= 0.6 is 0 Å². The molecule has 30 heavy (non-hydrogen) atoms. The van der Waals surface area contributed by atoms with Gasteiger partial charge in [0, 0.05) is 0 Å². The molecule has 3 rings (SSSR count). The molecule has 3 N–H and O–H groups in total. The summed E-state index contributed by atoms with van der Waals surface area (Å²) in [5.41, 5.74) is 6.31. The molecule has 8 nitrogen and oxygen atoms in total. The van der Waals surface area contributed by atoms with Crippen LogP contribution in [0.1, 0.15) is 31.9 Å². The van der Waals surface area contributed by atoms with E-state index in [1.54, 1.807) is 69.3 Å². The molecule has 0 unspecified atom stereocenters. The molecule has 154 valence electrons. The summed E-state index contributed by atoms with van der Waals surface area (Å²) >= 11 is 0. The number of nitrogens with zero attached hydrogens (tertiary/aromatic N) is 3. The van der Waals surface area contributed by atoms with Gasteiger partial charge >= 0.3 is 11.7 Å². The molecule has 0 aliphatic rings. The molecule has 0 radical (unpaired) electrons. The maximum atomic E-state index is 13.2. The minimum absolute atomic E-state index is 0.127. The Balaban J connectivity index is 2.10. The number of benzene rings is 2. The van der Waals surface area contributed by atoms with Crippen LogP contribution in [-0.4, -0.2) is 27.1 Å². The van der Waals surface area contributed by atoms with Gasteiger partial charge in [-0.2, -0.15) is 5.26 Å². The summed E-state index contributed by atoms with van der Waals surface area (Å²) in [6, 6.07) is 14.3. The highest BCUT2D eigenvalue weighted by Crippen LogP contribution is 2.20. The second kappa shape index (κ2) is 7.87. The molecule has 1 heterocycles. The van der Waals surface area contributed by atoms with Crippen molar-refractivity contribution in [1.82, 2.24) is 14.5 Å². The van der Waals surface area contributed by atoms with Crippen LogP contribution in [0.5, 0.6) is 0 Å². The third kappa shape index (κ3) is 3.82. The quantitative estimate of drug-likeness (QED) is 0.690. The molecule has 0 aliphatic heterocycles. The second-order valence-electron chi connectivity index (χ2n) is 8.11. The molecule has 0 saturated heterocycles. The molecule has 0 aliphatic carbocycles. The first-order chi connectivity index (χ1) is 14.1. The number of nitrogens with two attached hydrogens (primary N) is 1. The molecular formula is C22H23N5O3. The molecule has 0 spiro atoms. The third-order valence-corrected chi connectivity index (χ3v) is 4.92. The Labute approximate surface area is 173 Å². The van der Waals surface area contributed by atoms with Crippen LogP contribution in [-0.2, 0) is 11.3 Å². The fraction of sp³-hybridized carbons (Fsp3) is 0.273. The molecule has 2 aromatic carbocycles. The van der Waals surface area contributed by atoms with Crippen molar-refractivity contribution < 1.29 is 9.59 Å². The van der Waals surface area contributed by atoms with Gasteiger partial charge in [-0.1, -0.05) is 51.1 Å². The number of nitrogens with one attached hydrogen (secondary N) is 1. The van der Waals surface area contributed by atoms with E-state index in [4.69, 9.17) is 5.73 Å². The summed E-state index contributed by atoms with van der Waals surface area (Å²) in [4.78, 5) is 38.1. The zero-order valence-electron chi connectivity index (χ0n) is 17.0. The van der Waals surface area contributed by atoms with Gasteiger partial charge in [-0.3, -0.25) is 9.36 Å². The predicted molar refractivity (Wildman–Crippen MR) is 113 cm³/mol. The minimum Gasteiger partial charge on any atom is -0.368 e. The molecule has 0 saturated carbocycles. The van der Waals surface area contributed by atoms with E-state index in [1.165, 1.54) is 4.57 Å². The highest BCUT2D eigenvalue weighted by molar-refractivity contribution is 5.92. The summed E-state index contributed by atoms with van der Waals surface area (Å²) in [6.45, 7) is 5.44. The minimum atomic E-state index is -0.960. The van der Waals surface area contributed by atoms with Crippen LogP contribution in [0, 0.1) is 16.7 Å². The number of rotatable bonds is 4. The van der Waals surface area contributed by atoms with E-state index in [9.17, 15) is 19.6 Å². The number of primary amides is 1. The number of imidazole rings is 1. The molecule has 1 atom stereocenters. The van der Waals surface area contributed by atoms with Crippen molar-refractivity contribution in [2.45, 2.75) is 33.4 Å². The van der Waals surface area contributed by atoms with Crippen LogP contribution in [0.4, 0.5) is 4.79 Å². The first-order valence-corrected chi connectivity index (χ1v) is 9.43. The van der Waals surface area contributed by atoms with Gasteiger partial charge in [0.05, 0.1) is 29.2 Å². The Morgan fingerprint density at radius 1 is 1.10 bits per heavy atom. The molecular weight excluding hydrogens is 382 g/mol. The normalized spacial score (nSPS) is 12.3. The number of nitriles is 1. The van der Waals surface area contributed by atoms with Gasteiger partial charge in [0.15, 0.2) is 0 Å². The van der Waals surface area contributed by atoms with Crippen molar-refractivity contribution >= 4 is 23.0 Å². The predicted octanol–water partition coefficient (Wildman–Crippen LogP) is 2.18. The smallest absolute Gasteiger partial charge is 0.337 e. The van der Waals surface area contributed by atoms with Crippen LogP contribution in [0.15, 0.2) is 53.3 Å². The van der Waals surface area contributed by atoms with Gasteiger partial charge in [0.25, 0.3) is 0 Å². The van der Waals surface area contributed by atoms with E-state index in [0.717, 1.165) is 4.57 Å². The Morgan fingerprint density at radius 3 is 2.30 bits per heavy atom. The van der Waals surface area contributed by atoms with Gasteiger partial charge in [-0.05, 0) is 29.2 Å². The summed E-state index contributed by atoms with van der Waals surface area (Å²) in [5, 5.41) is 11.9. The zero-order chi connectivity index (χ0) is 22.1. The fourth-order valence-electron chi connectivity index (χ4n) is 3.40. The van der Waals surface area contributed by atoms with E-state index in [1.807, 2.05) is 0 Å². The molecule has 8 heteroatoms. The summed E-state index contributed by atoms with van der Waals surface area (Å²) in [7, 11) is 0. The number of para-hydroxylation sites is 2. The molecule has 1 aromatic heterocycles. The maximum absolute atomic E-state index is 13.2. The van der Waals surface area contributed by atoms with E-state index < -0.39 is 29.1 Å². The van der Waals surface area contributed by atoms with Crippen molar-refractivity contribution in [2.24, 2.45) is 11.1 Å². The van der Waals surface area contributed by atoms with Crippen LogP contribution in [0.3, 0.4) is 0 Å². The highest BCUT2D eigenvalue weighted by atomic mass is 16.2. The van der Waals surface area contributed by atoms with Crippen molar-refractivity contribution in [3.8, 4) is 6.07 Å². The average molecular weight is 405 g/mol. The van der Waals surface area contributed by atoms with Crippen LogP contribution < -0.4 is 16.7 Å². The van der Waals surface area contributed by atoms with Crippen molar-refractivity contribution in [3.05, 3.63) is 70.1 Å². The first kappa shape index (κ1) is 20.9. The monoisotopic (exact) mass is 405 g/mol. The number of fused-ring (bicyclic) bond motifs is 1. The molecule has 0 fully saturated rings. The lowest BCUT2D eigenvalue weighted by molar-refractivity contribution is -0.122. The van der Waals surface area contributed by atoms with E-state index in [0.29, 0.717) is 22.2 Å². The third-order valence-electron chi connectivity index (χ3n) is 4.92. The van der Waals surface area contributed by atoms with Gasteiger partial charge < -0.3 is 11.1 Å². The first-order valence-electron chi connectivity index (χ1n) is 9.43. The lowest BCUT2D eigenvalue weighted by atomic mass is 9.86. The summed E-state index contributed by atoms with van der Waals surface area (Å²) in [6.07, 6.45) is 0. The zero-order valence-corrected chi connectivity index (χ0v) is 17.0. The topological polar surface area (TPSA) is 123 Å². The molecule has 0 bridgehead atoms. The summed E-state index contributed by atoms with van der Waals surface area (Å²) < 4.78 is 2.42.